The number of hydrogen-bond donors (Lipinski definition) is 3. The van der Waals surface area contributed by atoms with Crippen molar-refractivity contribution in [3.05, 3.63) is 86.3 Å². The van der Waals surface area contributed by atoms with Crippen LogP contribution in [0.4, 0.5) is 0 Å². The number of fused-ring (bicyclic) bond motifs is 1. The molecule has 2 aromatic carbocycles. The van der Waals surface area contributed by atoms with Gasteiger partial charge in [-0.05, 0) is 55.0 Å². The Kier molecular flexibility index (Phi) is 8.23. The SMILES string of the molecule is CCCCC1CN(C(=O)C2C[C@@H](O)CN2C(=O)c2ccc(C(=O)O)cc2)Cc2c1nc(-c1ccc(Cl)cc1)[nH]c2=O. The second-order valence-corrected chi connectivity index (χ2v) is 11.0. The van der Waals surface area contributed by atoms with Gasteiger partial charge in [-0.1, -0.05) is 31.4 Å². The molecule has 10 nitrogen and oxygen atoms in total. The first kappa shape index (κ1) is 28.5. The Morgan fingerprint density at radius 3 is 2.39 bits per heavy atom. The number of hydrogen-bond acceptors (Lipinski definition) is 6. The van der Waals surface area contributed by atoms with E-state index < -0.39 is 24.0 Å². The average molecular weight is 579 g/mol. The minimum absolute atomic E-state index is 0.0216. The van der Waals surface area contributed by atoms with Crippen LogP contribution in [0.2, 0.25) is 5.02 Å². The normalized spacial score (nSPS) is 20.1. The van der Waals surface area contributed by atoms with Crippen molar-refractivity contribution < 1.29 is 24.6 Å². The topological polar surface area (TPSA) is 144 Å². The number of nitrogens with one attached hydrogen (secondary N) is 1. The number of likely N-dealkylation sites (tertiary alicyclic amines) is 1. The van der Waals surface area contributed by atoms with Gasteiger partial charge in [0.05, 0.1) is 29.5 Å². The largest absolute Gasteiger partial charge is 0.478 e. The lowest BCUT2D eigenvalue weighted by Gasteiger charge is -2.36. The Morgan fingerprint density at radius 2 is 1.73 bits per heavy atom. The van der Waals surface area contributed by atoms with E-state index in [1.807, 2.05) is 0 Å². The third-order valence-corrected chi connectivity index (χ3v) is 8.02. The molecule has 3 aromatic rings. The minimum atomic E-state index is -1.11. The van der Waals surface area contributed by atoms with Crippen LogP contribution < -0.4 is 5.56 Å². The number of aromatic nitrogens is 2. The van der Waals surface area contributed by atoms with Crippen LogP contribution in [0, 0.1) is 0 Å². The van der Waals surface area contributed by atoms with Gasteiger partial charge in [0.25, 0.3) is 11.5 Å². The van der Waals surface area contributed by atoms with E-state index in [1.165, 1.54) is 29.2 Å². The number of carbonyl (C=O) groups is 3. The summed E-state index contributed by atoms with van der Waals surface area (Å²) in [7, 11) is 0. The Labute approximate surface area is 241 Å². The fourth-order valence-electron chi connectivity index (χ4n) is 5.61. The molecule has 11 heteroatoms. The lowest BCUT2D eigenvalue weighted by molar-refractivity contribution is -0.136. The van der Waals surface area contributed by atoms with E-state index >= 15 is 0 Å². The zero-order chi connectivity index (χ0) is 29.3. The summed E-state index contributed by atoms with van der Waals surface area (Å²) in [5.74, 6) is -1.65. The predicted octanol–water partition coefficient (Wildman–Crippen LogP) is 3.68. The minimum Gasteiger partial charge on any atom is -0.478 e. The summed E-state index contributed by atoms with van der Waals surface area (Å²) in [6.45, 7) is 2.43. The molecule has 0 spiro atoms. The zero-order valence-corrected chi connectivity index (χ0v) is 23.3. The van der Waals surface area contributed by atoms with Crippen LogP contribution in [0.1, 0.15) is 70.5 Å². The first-order valence-corrected chi connectivity index (χ1v) is 14.0. The zero-order valence-electron chi connectivity index (χ0n) is 22.5. The molecule has 1 aromatic heterocycles. The number of amides is 2. The number of H-pyrrole nitrogens is 1. The van der Waals surface area contributed by atoms with E-state index in [9.17, 15) is 24.3 Å². The highest BCUT2D eigenvalue weighted by Crippen LogP contribution is 2.32. The molecule has 214 valence electrons. The number of carboxylic acids is 1. The Bertz CT molecular complexity index is 1520. The number of aliphatic hydroxyl groups is 1. The molecule has 0 bridgehead atoms. The summed E-state index contributed by atoms with van der Waals surface area (Å²) in [6.07, 6.45) is 1.74. The van der Waals surface area contributed by atoms with Gasteiger partial charge in [0.2, 0.25) is 5.91 Å². The molecule has 3 atom stereocenters. The number of β-amino-alcohol motifs (C(OH)–C–C–N with tert-alkyl or cyclic N) is 1. The molecule has 2 amide bonds. The van der Waals surface area contributed by atoms with E-state index in [-0.39, 0.29) is 48.0 Å². The maximum Gasteiger partial charge on any atom is 0.335 e. The average Bonchev–Trinajstić information content (AvgIpc) is 3.37. The van der Waals surface area contributed by atoms with Gasteiger partial charge in [0, 0.05) is 41.6 Å². The summed E-state index contributed by atoms with van der Waals surface area (Å²) in [6, 6.07) is 11.6. The monoisotopic (exact) mass is 578 g/mol. The van der Waals surface area contributed by atoms with E-state index in [0.29, 0.717) is 28.6 Å². The van der Waals surface area contributed by atoms with Gasteiger partial charge in [-0.2, -0.15) is 0 Å². The number of benzene rings is 2. The van der Waals surface area contributed by atoms with Crippen molar-refractivity contribution in [3.63, 3.8) is 0 Å². The van der Waals surface area contributed by atoms with E-state index in [2.05, 4.69) is 11.9 Å². The van der Waals surface area contributed by atoms with Gasteiger partial charge in [-0.3, -0.25) is 14.4 Å². The molecule has 0 aliphatic carbocycles. The van der Waals surface area contributed by atoms with Crippen LogP contribution in [-0.2, 0) is 11.3 Å². The van der Waals surface area contributed by atoms with Crippen molar-refractivity contribution in [1.29, 1.82) is 0 Å². The number of aliphatic hydroxyl groups excluding tert-OH is 1. The highest BCUT2D eigenvalue weighted by molar-refractivity contribution is 6.30. The first-order valence-electron chi connectivity index (χ1n) is 13.7. The van der Waals surface area contributed by atoms with Gasteiger partial charge >= 0.3 is 5.97 Å². The number of carbonyl (C=O) groups excluding carboxylic acids is 2. The second-order valence-electron chi connectivity index (χ2n) is 10.6. The van der Waals surface area contributed by atoms with Crippen LogP contribution in [0.5, 0.6) is 0 Å². The number of aromatic amines is 1. The Balaban J connectivity index is 1.43. The lowest BCUT2D eigenvalue weighted by Crippen LogP contribution is -2.50. The molecule has 2 aliphatic rings. The number of aromatic carboxylic acids is 1. The molecule has 2 unspecified atom stereocenters. The number of halogens is 1. The van der Waals surface area contributed by atoms with Crippen LogP contribution in [0.25, 0.3) is 11.4 Å². The van der Waals surface area contributed by atoms with Gasteiger partial charge in [-0.25, -0.2) is 9.78 Å². The van der Waals surface area contributed by atoms with E-state index in [4.69, 9.17) is 21.7 Å². The molecule has 1 saturated heterocycles. The summed E-state index contributed by atoms with van der Waals surface area (Å²) in [5, 5.41) is 20.2. The number of nitrogens with zero attached hydrogens (tertiary/aromatic N) is 3. The van der Waals surface area contributed by atoms with Gasteiger partial charge in [0.1, 0.15) is 11.9 Å². The molecule has 2 aliphatic heterocycles. The van der Waals surface area contributed by atoms with Crippen molar-refractivity contribution >= 4 is 29.4 Å². The number of carboxylic acid groups (broad SMARTS) is 1. The second kappa shape index (κ2) is 11.8. The first-order chi connectivity index (χ1) is 19.7. The molecule has 0 saturated carbocycles. The smallest absolute Gasteiger partial charge is 0.335 e. The summed E-state index contributed by atoms with van der Waals surface area (Å²) in [5.41, 5.74) is 1.77. The molecule has 0 radical (unpaired) electrons. The standard InChI is InChI=1S/C30H31ClN4O6/c1-2-3-4-20-14-34(16-23-25(20)32-26(33-27(23)37)17-9-11-21(31)12-10-17)29(39)24-13-22(36)15-35(24)28(38)18-5-7-19(8-6-18)30(40)41/h5-12,20,22,24,36H,2-4,13-16H2,1H3,(H,40,41)(H,32,33,37)/t20?,22-,24?/m1/s1. The summed E-state index contributed by atoms with van der Waals surface area (Å²) >= 11 is 6.03. The Hall–Kier alpha value is -4.02. The van der Waals surface area contributed by atoms with Crippen LogP contribution in [0.3, 0.4) is 0 Å². The summed E-state index contributed by atoms with van der Waals surface area (Å²) in [4.78, 5) is 62.4. The predicted molar refractivity (Wildman–Crippen MR) is 152 cm³/mol. The third kappa shape index (κ3) is 5.89. The molecule has 5 rings (SSSR count). The maximum atomic E-state index is 13.9. The fourth-order valence-corrected chi connectivity index (χ4v) is 5.73. The van der Waals surface area contributed by atoms with Crippen LogP contribution >= 0.6 is 11.6 Å². The quantitative estimate of drug-likeness (QED) is 0.388. The molecular weight excluding hydrogens is 548 g/mol. The Morgan fingerprint density at radius 1 is 1.05 bits per heavy atom. The van der Waals surface area contributed by atoms with E-state index in [0.717, 1.165) is 24.8 Å². The third-order valence-electron chi connectivity index (χ3n) is 7.76. The van der Waals surface area contributed by atoms with E-state index in [1.54, 1.807) is 29.2 Å². The molecule has 41 heavy (non-hydrogen) atoms. The molecule has 3 N–H and O–H groups in total. The highest BCUT2D eigenvalue weighted by atomic mass is 35.5. The van der Waals surface area contributed by atoms with Crippen molar-refractivity contribution in [2.75, 3.05) is 13.1 Å². The molecule has 3 heterocycles. The highest BCUT2D eigenvalue weighted by Gasteiger charge is 2.43. The summed E-state index contributed by atoms with van der Waals surface area (Å²) < 4.78 is 0. The number of rotatable bonds is 7. The molecule has 1 fully saturated rings. The van der Waals surface area contributed by atoms with Crippen molar-refractivity contribution in [3.8, 4) is 11.4 Å². The molecular formula is C30H31ClN4O6. The van der Waals surface area contributed by atoms with Gasteiger partial charge in [-0.15, -0.1) is 0 Å². The number of unbranched alkanes of at least 4 members (excludes halogenated alkanes) is 1. The van der Waals surface area contributed by atoms with Crippen LogP contribution in [0.15, 0.2) is 53.3 Å². The van der Waals surface area contributed by atoms with Crippen molar-refractivity contribution in [2.45, 2.75) is 57.2 Å². The van der Waals surface area contributed by atoms with Gasteiger partial charge < -0.3 is 25.0 Å². The fraction of sp³-hybridized carbons (Fsp3) is 0.367. The van der Waals surface area contributed by atoms with Crippen molar-refractivity contribution in [2.24, 2.45) is 0 Å². The van der Waals surface area contributed by atoms with Gasteiger partial charge in [0.15, 0.2) is 0 Å². The van der Waals surface area contributed by atoms with Crippen LogP contribution in [-0.4, -0.2) is 73.0 Å². The lowest BCUT2D eigenvalue weighted by atomic mass is 9.90. The maximum absolute atomic E-state index is 13.9. The van der Waals surface area contributed by atoms with Crippen molar-refractivity contribution in [1.82, 2.24) is 19.8 Å².